The lowest BCUT2D eigenvalue weighted by Gasteiger charge is -2.45. The van der Waals surface area contributed by atoms with Crippen LogP contribution in [-0.4, -0.2) is 86.7 Å². The highest BCUT2D eigenvalue weighted by atomic mass is 127. The third-order valence-electron chi connectivity index (χ3n) is 6.76. The second-order valence-electron chi connectivity index (χ2n) is 8.43. The third kappa shape index (κ3) is 5.72. The maximum absolute atomic E-state index is 11.7. The molecular formula is C20H38IN5O2. The first kappa shape index (κ1) is 23.7. The molecule has 2 heterocycles. The van der Waals surface area contributed by atoms with Crippen molar-refractivity contribution < 1.29 is 9.53 Å². The Kier molecular flexibility index (Phi) is 9.27. The number of hydrogen-bond acceptors (Lipinski definition) is 4. The molecule has 7 nitrogen and oxygen atoms in total. The van der Waals surface area contributed by atoms with Gasteiger partial charge in [0.05, 0.1) is 6.10 Å². The zero-order valence-corrected chi connectivity index (χ0v) is 20.0. The molecule has 1 amide bonds. The highest BCUT2D eigenvalue weighted by Gasteiger charge is 2.41. The zero-order chi connectivity index (χ0) is 19.3. The van der Waals surface area contributed by atoms with E-state index in [0.717, 1.165) is 51.4 Å². The van der Waals surface area contributed by atoms with Crippen LogP contribution in [0.1, 0.15) is 51.4 Å². The first-order valence-corrected chi connectivity index (χ1v) is 10.6. The fourth-order valence-corrected chi connectivity index (χ4v) is 4.97. The number of carbonyl (C=O) groups is 1. The van der Waals surface area contributed by atoms with Crippen LogP contribution >= 0.6 is 24.0 Å². The van der Waals surface area contributed by atoms with Crippen LogP contribution in [0.2, 0.25) is 0 Å². The molecule has 0 radical (unpaired) electrons. The van der Waals surface area contributed by atoms with E-state index in [1.165, 1.54) is 25.7 Å². The van der Waals surface area contributed by atoms with Crippen molar-refractivity contribution in [2.45, 2.75) is 69.1 Å². The van der Waals surface area contributed by atoms with E-state index in [9.17, 15) is 4.79 Å². The number of piperidine rings is 2. The van der Waals surface area contributed by atoms with Gasteiger partial charge in [-0.15, -0.1) is 24.0 Å². The van der Waals surface area contributed by atoms with Crippen LogP contribution in [0.3, 0.4) is 0 Å². The lowest BCUT2D eigenvalue weighted by molar-refractivity contribution is -0.132. The number of guanidine groups is 1. The monoisotopic (exact) mass is 507 g/mol. The van der Waals surface area contributed by atoms with E-state index >= 15 is 0 Å². The average molecular weight is 507 g/mol. The summed E-state index contributed by atoms with van der Waals surface area (Å²) < 4.78 is 5.55. The Hall–Kier alpha value is -0.610. The summed E-state index contributed by atoms with van der Waals surface area (Å²) in [6.45, 7) is 3.94. The molecule has 0 bridgehead atoms. The Labute approximate surface area is 187 Å². The number of nitrogens with zero attached hydrogens (tertiary/aromatic N) is 3. The van der Waals surface area contributed by atoms with Crippen molar-refractivity contribution in [2.24, 2.45) is 4.99 Å². The molecule has 2 N–H and O–H groups in total. The maximum atomic E-state index is 11.7. The van der Waals surface area contributed by atoms with Gasteiger partial charge in [-0.2, -0.15) is 0 Å². The third-order valence-corrected chi connectivity index (χ3v) is 6.76. The smallest absolute Gasteiger partial charge is 0.222 e. The number of hydrogen-bond donors (Lipinski definition) is 2. The normalized spacial score (nSPS) is 26.8. The molecule has 0 aromatic carbocycles. The minimum Gasteiger partial charge on any atom is -0.381 e. The molecule has 8 heteroatoms. The molecule has 1 unspecified atom stereocenters. The molecule has 2 aliphatic heterocycles. The van der Waals surface area contributed by atoms with Gasteiger partial charge in [-0.3, -0.25) is 14.7 Å². The highest BCUT2D eigenvalue weighted by molar-refractivity contribution is 14.0. The quantitative estimate of drug-likeness (QED) is 0.338. The molecule has 2 saturated heterocycles. The standard InChI is InChI=1S/C20H37N5O2.HI/c1-21-19(23-16-6-7-18(26)24(2)14-16)22-15-20(10-4-5-11-20)25-12-8-17(27-3)9-13-25;/h16-17H,4-15H2,1-3H3,(H2,21,22,23);1H. The van der Waals surface area contributed by atoms with E-state index in [1.807, 2.05) is 26.1 Å². The van der Waals surface area contributed by atoms with Gasteiger partial charge in [-0.25, -0.2) is 0 Å². The zero-order valence-electron chi connectivity index (χ0n) is 17.7. The molecule has 3 aliphatic rings. The van der Waals surface area contributed by atoms with Gasteiger partial charge in [0.25, 0.3) is 0 Å². The summed E-state index contributed by atoms with van der Waals surface area (Å²) in [5.41, 5.74) is 0.246. The van der Waals surface area contributed by atoms with Crippen molar-refractivity contribution in [3.63, 3.8) is 0 Å². The van der Waals surface area contributed by atoms with Crippen LogP contribution in [0.25, 0.3) is 0 Å². The Morgan fingerprint density at radius 1 is 1.25 bits per heavy atom. The van der Waals surface area contributed by atoms with Gasteiger partial charge in [-0.05, 0) is 32.1 Å². The van der Waals surface area contributed by atoms with Crippen LogP contribution < -0.4 is 10.6 Å². The molecular weight excluding hydrogens is 469 g/mol. The number of halogens is 1. The van der Waals surface area contributed by atoms with Crippen LogP contribution in [0.4, 0.5) is 0 Å². The van der Waals surface area contributed by atoms with Gasteiger partial charge in [0.1, 0.15) is 0 Å². The number of aliphatic imine (C=N–C) groups is 1. The number of rotatable bonds is 5. The van der Waals surface area contributed by atoms with Crippen LogP contribution in [0.15, 0.2) is 4.99 Å². The Balaban J connectivity index is 0.00000280. The molecule has 28 heavy (non-hydrogen) atoms. The maximum Gasteiger partial charge on any atom is 0.222 e. The van der Waals surface area contributed by atoms with Gasteiger partial charge >= 0.3 is 0 Å². The Bertz CT molecular complexity index is 531. The number of carbonyl (C=O) groups excluding carboxylic acids is 1. The average Bonchev–Trinajstić information content (AvgIpc) is 3.18. The van der Waals surface area contributed by atoms with Crippen LogP contribution in [0.5, 0.6) is 0 Å². The molecule has 0 spiro atoms. The lowest BCUT2D eigenvalue weighted by atomic mass is 9.91. The van der Waals surface area contributed by atoms with E-state index in [2.05, 4.69) is 20.5 Å². The molecule has 1 saturated carbocycles. The number of nitrogens with one attached hydrogen (secondary N) is 2. The van der Waals surface area contributed by atoms with Crippen LogP contribution in [0, 0.1) is 0 Å². The SMILES string of the molecule is CN=C(NCC1(N2CCC(OC)CC2)CCCC1)NC1CCC(=O)N(C)C1.I. The molecule has 3 fully saturated rings. The van der Waals surface area contributed by atoms with E-state index < -0.39 is 0 Å². The van der Waals surface area contributed by atoms with Gasteiger partial charge in [-0.1, -0.05) is 12.8 Å². The summed E-state index contributed by atoms with van der Waals surface area (Å²) in [4.78, 5) is 20.6. The largest absolute Gasteiger partial charge is 0.381 e. The molecule has 1 aliphatic carbocycles. The first-order valence-electron chi connectivity index (χ1n) is 10.6. The molecule has 1 atom stereocenters. The summed E-state index contributed by atoms with van der Waals surface area (Å²) in [7, 11) is 5.54. The van der Waals surface area contributed by atoms with Crippen molar-refractivity contribution in [3.05, 3.63) is 0 Å². The topological polar surface area (TPSA) is 69.2 Å². The van der Waals surface area contributed by atoms with Crippen molar-refractivity contribution in [3.8, 4) is 0 Å². The van der Waals surface area contributed by atoms with E-state index in [4.69, 9.17) is 4.74 Å². The van der Waals surface area contributed by atoms with Crippen molar-refractivity contribution in [2.75, 3.05) is 47.4 Å². The molecule has 3 rings (SSSR count). The fraction of sp³-hybridized carbons (Fsp3) is 0.900. The molecule has 162 valence electrons. The minimum atomic E-state index is 0. The molecule has 0 aromatic rings. The van der Waals surface area contributed by atoms with Gasteiger partial charge in [0.2, 0.25) is 5.91 Å². The summed E-state index contributed by atoms with van der Waals surface area (Å²) in [5.74, 6) is 1.10. The Morgan fingerprint density at radius 3 is 2.50 bits per heavy atom. The summed E-state index contributed by atoms with van der Waals surface area (Å²) >= 11 is 0. The minimum absolute atomic E-state index is 0. The number of likely N-dealkylation sites (N-methyl/N-ethyl adjacent to an activating group) is 1. The van der Waals surface area contributed by atoms with Gasteiger partial charge in [0, 0.05) is 65.4 Å². The highest BCUT2D eigenvalue weighted by Crippen LogP contribution is 2.36. The predicted octanol–water partition coefficient (Wildman–Crippen LogP) is 1.81. The van der Waals surface area contributed by atoms with Crippen molar-refractivity contribution in [1.82, 2.24) is 20.4 Å². The number of likely N-dealkylation sites (tertiary alicyclic amines) is 2. The molecule has 0 aromatic heterocycles. The number of amides is 1. The van der Waals surface area contributed by atoms with Gasteiger partial charge in [0.15, 0.2) is 5.96 Å². The summed E-state index contributed by atoms with van der Waals surface area (Å²) in [6.07, 6.45) is 9.32. The van der Waals surface area contributed by atoms with Gasteiger partial charge < -0.3 is 20.3 Å². The number of ether oxygens (including phenoxy) is 1. The van der Waals surface area contributed by atoms with Crippen molar-refractivity contribution >= 4 is 35.8 Å². The lowest BCUT2D eigenvalue weighted by Crippen LogP contribution is -2.59. The van der Waals surface area contributed by atoms with Crippen LogP contribution in [-0.2, 0) is 9.53 Å². The first-order chi connectivity index (χ1) is 13.1. The predicted molar refractivity (Wildman–Crippen MR) is 123 cm³/mol. The van der Waals surface area contributed by atoms with E-state index in [0.29, 0.717) is 12.5 Å². The Morgan fingerprint density at radius 2 is 1.93 bits per heavy atom. The summed E-state index contributed by atoms with van der Waals surface area (Å²) in [5, 5.41) is 7.13. The number of methoxy groups -OCH3 is 1. The van der Waals surface area contributed by atoms with E-state index in [1.54, 1.807) is 0 Å². The van der Waals surface area contributed by atoms with Crippen molar-refractivity contribution in [1.29, 1.82) is 0 Å². The second kappa shape index (κ2) is 11.0. The second-order valence-corrected chi connectivity index (χ2v) is 8.43. The van der Waals surface area contributed by atoms with E-state index in [-0.39, 0.29) is 41.5 Å². The summed E-state index contributed by atoms with van der Waals surface area (Å²) in [6, 6.07) is 0.274. The fourth-order valence-electron chi connectivity index (χ4n) is 4.97.